The minimum atomic E-state index is -0.470. The smallest absolute Gasteiger partial charge is 0.284 e. The van der Waals surface area contributed by atoms with E-state index >= 15 is 0 Å². The van der Waals surface area contributed by atoms with Gasteiger partial charge in [-0.2, -0.15) is 0 Å². The van der Waals surface area contributed by atoms with Crippen LogP contribution in [0.4, 0.5) is 0 Å². The lowest BCUT2D eigenvalue weighted by atomic mass is 10.2. The normalized spacial score (nSPS) is 17.5. The molecule has 19 heavy (non-hydrogen) atoms. The Morgan fingerprint density at radius 2 is 1.89 bits per heavy atom. The average Bonchev–Trinajstić information content (AvgIpc) is 2.56. The van der Waals surface area contributed by atoms with Gasteiger partial charge in [0.25, 0.3) is 5.91 Å². The fraction of sp³-hybridized carbons (Fsp3) is 0.154. The molecule has 0 unspecified atom stereocenters. The number of guanidine groups is 1. The van der Waals surface area contributed by atoms with E-state index < -0.39 is 11.8 Å². The zero-order valence-electron chi connectivity index (χ0n) is 10.5. The van der Waals surface area contributed by atoms with Gasteiger partial charge in [0.1, 0.15) is 5.70 Å². The van der Waals surface area contributed by atoms with Crippen LogP contribution in [-0.2, 0) is 9.59 Å². The average molecular weight is 322 g/mol. The highest BCUT2D eigenvalue weighted by molar-refractivity contribution is 9.10. The topological polar surface area (TPSA) is 64.5 Å². The second kappa shape index (κ2) is 4.97. The third kappa shape index (κ3) is 2.44. The summed E-state index contributed by atoms with van der Waals surface area (Å²) in [5.41, 5.74) is 1.14. The molecule has 0 aromatic heterocycles. The van der Waals surface area contributed by atoms with Crippen LogP contribution in [-0.4, -0.2) is 34.6 Å². The lowest BCUT2D eigenvalue weighted by Crippen LogP contribution is -2.36. The van der Waals surface area contributed by atoms with Crippen molar-refractivity contribution in [2.75, 3.05) is 7.05 Å². The van der Waals surface area contributed by atoms with Gasteiger partial charge in [-0.25, -0.2) is 4.90 Å². The molecule has 2 amide bonds. The molecular formula is C13H12BrN3O2. The number of hydrogen-bond donors (Lipinski definition) is 1. The first kappa shape index (κ1) is 13.5. The molecule has 98 valence electrons. The van der Waals surface area contributed by atoms with Crippen LogP contribution >= 0.6 is 15.9 Å². The van der Waals surface area contributed by atoms with E-state index in [4.69, 9.17) is 5.41 Å². The fourth-order valence-electron chi connectivity index (χ4n) is 1.79. The van der Waals surface area contributed by atoms with Gasteiger partial charge in [0.05, 0.1) is 0 Å². The summed E-state index contributed by atoms with van der Waals surface area (Å²) in [7, 11) is 1.59. The first-order chi connectivity index (χ1) is 8.91. The first-order valence-electron chi connectivity index (χ1n) is 5.56. The largest absolute Gasteiger partial charge is 0.310 e. The number of benzene rings is 1. The van der Waals surface area contributed by atoms with E-state index in [1.165, 1.54) is 11.8 Å². The van der Waals surface area contributed by atoms with Gasteiger partial charge in [0.2, 0.25) is 11.9 Å². The van der Waals surface area contributed by atoms with Crippen LogP contribution in [0.25, 0.3) is 6.08 Å². The summed E-state index contributed by atoms with van der Waals surface area (Å²) < 4.78 is 0.943. The molecule has 6 heteroatoms. The number of nitrogens with zero attached hydrogens (tertiary/aromatic N) is 2. The maximum absolute atomic E-state index is 12.1. The fourth-order valence-corrected chi connectivity index (χ4v) is 2.05. The van der Waals surface area contributed by atoms with Crippen molar-refractivity contribution in [3.8, 4) is 0 Å². The Bertz CT molecular complexity index is 592. The molecule has 1 aromatic carbocycles. The highest BCUT2D eigenvalue weighted by Crippen LogP contribution is 2.22. The van der Waals surface area contributed by atoms with E-state index in [2.05, 4.69) is 15.9 Å². The molecule has 1 heterocycles. The summed E-state index contributed by atoms with van der Waals surface area (Å²) in [4.78, 5) is 25.7. The van der Waals surface area contributed by atoms with Crippen molar-refractivity contribution in [1.29, 1.82) is 5.41 Å². The summed E-state index contributed by atoms with van der Waals surface area (Å²) in [5.74, 6) is -1.05. The van der Waals surface area contributed by atoms with E-state index in [9.17, 15) is 9.59 Å². The van der Waals surface area contributed by atoms with E-state index in [1.807, 2.05) is 24.3 Å². The maximum Gasteiger partial charge on any atom is 0.284 e. The van der Waals surface area contributed by atoms with Gasteiger partial charge in [0, 0.05) is 18.4 Å². The predicted octanol–water partition coefficient (Wildman–Crippen LogP) is 2.05. The van der Waals surface area contributed by atoms with E-state index in [0.717, 1.165) is 14.9 Å². The van der Waals surface area contributed by atoms with Crippen molar-refractivity contribution in [1.82, 2.24) is 9.80 Å². The number of carbonyl (C=O) groups excluding carboxylic acids is 2. The third-order valence-corrected chi connectivity index (χ3v) is 3.33. The molecule has 0 atom stereocenters. The predicted molar refractivity (Wildman–Crippen MR) is 75.1 cm³/mol. The molecule has 1 saturated heterocycles. The summed E-state index contributed by atoms with van der Waals surface area (Å²) in [6.45, 7) is 1.27. The molecule has 0 saturated carbocycles. The molecule has 0 bridgehead atoms. The Balaban J connectivity index is 2.40. The number of amides is 2. The molecule has 5 nitrogen and oxygen atoms in total. The second-order valence-corrected chi connectivity index (χ2v) is 5.04. The van der Waals surface area contributed by atoms with Crippen LogP contribution in [0.3, 0.4) is 0 Å². The monoisotopic (exact) mass is 321 g/mol. The SMILES string of the molecule is CC(=O)N1C(=N)N(C)C(=Cc2ccc(Br)cc2)C1=O. The highest BCUT2D eigenvalue weighted by Gasteiger charge is 2.38. The second-order valence-electron chi connectivity index (χ2n) is 4.12. The van der Waals surface area contributed by atoms with E-state index in [1.54, 1.807) is 13.1 Å². The number of carbonyl (C=O) groups is 2. The summed E-state index contributed by atoms with van der Waals surface area (Å²) in [6.07, 6.45) is 1.66. The van der Waals surface area contributed by atoms with Crippen LogP contribution in [0.1, 0.15) is 12.5 Å². The van der Waals surface area contributed by atoms with Gasteiger partial charge in [-0.15, -0.1) is 0 Å². The molecule has 2 rings (SSSR count). The molecule has 1 aliphatic heterocycles. The van der Waals surface area contributed by atoms with Gasteiger partial charge in [-0.05, 0) is 23.8 Å². The number of nitrogens with one attached hydrogen (secondary N) is 1. The molecule has 1 aromatic rings. The number of rotatable bonds is 1. The molecule has 0 radical (unpaired) electrons. The number of imide groups is 1. The van der Waals surface area contributed by atoms with Crippen molar-refractivity contribution >= 4 is 39.8 Å². The molecule has 0 spiro atoms. The Morgan fingerprint density at radius 3 is 2.37 bits per heavy atom. The van der Waals surface area contributed by atoms with E-state index in [0.29, 0.717) is 5.70 Å². The number of halogens is 1. The van der Waals surface area contributed by atoms with Gasteiger partial charge in [0.15, 0.2) is 0 Å². The minimum absolute atomic E-state index is 0.124. The van der Waals surface area contributed by atoms with Gasteiger partial charge < -0.3 is 4.90 Å². The molecule has 1 aliphatic rings. The van der Waals surface area contributed by atoms with Crippen LogP contribution in [0.15, 0.2) is 34.4 Å². The summed E-state index contributed by atoms with van der Waals surface area (Å²) in [6, 6.07) is 7.41. The van der Waals surface area contributed by atoms with Crippen molar-refractivity contribution in [2.24, 2.45) is 0 Å². The van der Waals surface area contributed by atoms with Gasteiger partial charge in [-0.3, -0.25) is 15.0 Å². The Morgan fingerprint density at radius 1 is 1.32 bits per heavy atom. The Hall–Kier alpha value is -1.95. The van der Waals surface area contributed by atoms with Crippen molar-refractivity contribution in [2.45, 2.75) is 6.92 Å². The Labute approximate surface area is 119 Å². The van der Waals surface area contributed by atoms with Crippen molar-refractivity contribution in [3.63, 3.8) is 0 Å². The summed E-state index contributed by atoms with van der Waals surface area (Å²) in [5, 5.41) is 7.76. The maximum atomic E-state index is 12.1. The van der Waals surface area contributed by atoms with Crippen LogP contribution in [0.5, 0.6) is 0 Å². The lowest BCUT2D eigenvalue weighted by Gasteiger charge is -2.12. The van der Waals surface area contributed by atoms with Crippen LogP contribution in [0, 0.1) is 5.41 Å². The van der Waals surface area contributed by atoms with Crippen LogP contribution < -0.4 is 0 Å². The molecule has 0 aliphatic carbocycles. The molecule has 1 fully saturated rings. The van der Waals surface area contributed by atoms with Gasteiger partial charge >= 0.3 is 0 Å². The number of likely N-dealkylation sites (N-methyl/N-ethyl adjacent to an activating group) is 1. The van der Waals surface area contributed by atoms with Crippen molar-refractivity contribution < 1.29 is 9.59 Å². The third-order valence-electron chi connectivity index (χ3n) is 2.80. The standard InChI is InChI=1S/C13H12BrN3O2/c1-8(18)17-12(19)11(16(2)13(17)15)7-9-3-5-10(14)6-4-9/h3-7,15H,1-2H3. The molecule has 1 N–H and O–H groups in total. The number of hydrogen-bond acceptors (Lipinski definition) is 3. The zero-order chi connectivity index (χ0) is 14.2. The zero-order valence-corrected chi connectivity index (χ0v) is 12.1. The van der Waals surface area contributed by atoms with E-state index in [-0.39, 0.29) is 5.96 Å². The Kier molecular flexibility index (Phi) is 3.53. The quantitative estimate of drug-likeness (QED) is 0.805. The summed E-state index contributed by atoms with van der Waals surface area (Å²) >= 11 is 3.34. The minimum Gasteiger partial charge on any atom is -0.310 e. The van der Waals surface area contributed by atoms with Gasteiger partial charge in [-0.1, -0.05) is 28.1 Å². The van der Waals surface area contributed by atoms with Crippen molar-refractivity contribution in [3.05, 3.63) is 40.0 Å². The molecular weight excluding hydrogens is 310 g/mol. The highest BCUT2D eigenvalue weighted by atomic mass is 79.9. The lowest BCUT2D eigenvalue weighted by molar-refractivity contribution is -0.135. The van der Waals surface area contributed by atoms with Crippen LogP contribution in [0.2, 0.25) is 0 Å². The first-order valence-corrected chi connectivity index (χ1v) is 6.35.